The third-order valence-electron chi connectivity index (χ3n) is 2.93. The minimum Gasteiger partial charge on any atom is -0.0881 e. The molecule has 1 heteroatoms. The van der Waals surface area contributed by atoms with Crippen LogP contribution < -0.4 is 0 Å². The smallest absolute Gasteiger partial charge is 0.00925 e. The Morgan fingerprint density at radius 3 is 2.12 bits per heavy atom. The first-order chi connectivity index (χ1) is 7.90. The van der Waals surface area contributed by atoms with Crippen LogP contribution >= 0.6 is 12.2 Å². The van der Waals surface area contributed by atoms with Crippen molar-refractivity contribution in [3.63, 3.8) is 0 Å². The first-order valence-electron chi connectivity index (χ1n) is 5.26. The molecule has 0 amide bonds. The third-order valence-corrected chi connectivity index (χ3v) is 3.18. The Hall–Kier alpha value is -1.73. The van der Waals surface area contributed by atoms with Crippen LogP contribution in [0.15, 0.2) is 54.6 Å². The predicted molar refractivity (Wildman–Crippen MR) is 74.2 cm³/mol. The number of hydrogen-bond donors (Lipinski definition) is 0. The number of benzene rings is 3. The maximum atomic E-state index is 5.08. The second-order valence-electron chi connectivity index (χ2n) is 3.85. The lowest BCUT2D eigenvalue weighted by atomic mass is 9.98. The largest absolute Gasteiger partial charge is 0.0881 e. The molecule has 0 unspecified atom stereocenters. The summed E-state index contributed by atoms with van der Waals surface area (Å²) in [7, 11) is 0. The Bertz CT molecular complexity index is 683. The zero-order chi connectivity index (χ0) is 11.0. The monoisotopic (exact) mass is 222 g/mol. The number of hydrogen-bond acceptors (Lipinski definition) is 1. The molecule has 0 atom stereocenters. The quantitative estimate of drug-likeness (QED) is 0.436. The van der Waals surface area contributed by atoms with Crippen LogP contribution in [0.1, 0.15) is 5.56 Å². The summed E-state index contributed by atoms with van der Waals surface area (Å²) in [6, 6.07) is 19.0. The Labute approximate surface area is 99.5 Å². The van der Waals surface area contributed by atoms with Gasteiger partial charge in [-0.2, -0.15) is 0 Å². The molecule has 76 valence electrons. The maximum Gasteiger partial charge on any atom is 0.00925 e. The predicted octanol–water partition coefficient (Wildman–Crippen LogP) is 4.34. The molecule has 3 rings (SSSR count). The second kappa shape index (κ2) is 3.69. The van der Waals surface area contributed by atoms with Gasteiger partial charge in [-0.15, -0.1) is 0 Å². The second-order valence-corrected chi connectivity index (χ2v) is 4.09. The van der Waals surface area contributed by atoms with Gasteiger partial charge in [0.15, 0.2) is 0 Å². The van der Waals surface area contributed by atoms with Crippen molar-refractivity contribution in [3.8, 4) is 0 Å². The molecule has 0 heterocycles. The zero-order valence-corrected chi connectivity index (χ0v) is 9.50. The summed E-state index contributed by atoms with van der Waals surface area (Å²) in [6.45, 7) is 0. The van der Waals surface area contributed by atoms with Crippen LogP contribution in [0.25, 0.3) is 21.5 Å². The van der Waals surface area contributed by atoms with E-state index in [1.165, 1.54) is 21.5 Å². The molecule has 0 spiro atoms. The number of rotatable bonds is 1. The van der Waals surface area contributed by atoms with Gasteiger partial charge in [0, 0.05) is 5.37 Å². The minimum atomic E-state index is 1.13. The van der Waals surface area contributed by atoms with E-state index in [1.54, 1.807) is 5.37 Å². The number of thiocarbonyl (C=S) groups is 1. The molecule has 0 aliphatic heterocycles. The van der Waals surface area contributed by atoms with E-state index in [9.17, 15) is 0 Å². The van der Waals surface area contributed by atoms with Crippen molar-refractivity contribution in [1.29, 1.82) is 0 Å². The first-order valence-corrected chi connectivity index (χ1v) is 5.73. The van der Waals surface area contributed by atoms with Gasteiger partial charge in [-0.1, -0.05) is 60.7 Å². The van der Waals surface area contributed by atoms with E-state index in [0.29, 0.717) is 0 Å². The lowest BCUT2D eigenvalue weighted by Gasteiger charge is -2.06. The molecule has 16 heavy (non-hydrogen) atoms. The van der Waals surface area contributed by atoms with Crippen molar-refractivity contribution in [1.82, 2.24) is 0 Å². The van der Waals surface area contributed by atoms with Crippen molar-refractivity contribution < 1.29 is 0 Å². The zero-order valence-electron chi connectivity index (χ0n) is 8.68. The summed E-state index contributed by atoms with van der Waals surface area (Å²) in [4.78, 5) is 0. The molecule has 0 aliphatic rings. The van der Waals surface area contributed by atoms with E-state index in [2.05, 4.69) is 54.6 Å². The topological polar surface area (TPSA) is 0 Å². The Balaban J connectivity index is 2.62. The van der Waals surface area contributed by atoms with Crippen LogP contribution in [0.2, 0.25) is 0 Å². The summed E-state index contributed by atoms with van der Waals surface area (Å²) >= 11 is 5.08. The fraction of sp³-hybridized carbons (Fsp3) is 0. The molecule has 0 aromatic heterocycles. The summed E-state index contributed by atoms with van der Waals surface area (Å²) in [6.07, 6.45) is 0. The minimum absolute atomic E-state index is 1.13. The van der Waals surface area contributed by atoms with Crippen molar-refractivity contribution >= 4 is 39.1 Å². The van der Waals surface area contributed by atoms with E-state index in [-0.39, 0.29) is 0 Å². The highest BCUT2D eigenvalue weighted by atomic mass is 32.1. The van der Waals surface area contributed by atoms with Crippen LogP contribution in [0.3, 0.4) is 0 Å². The molecule has 0 aliphatic carbocycles. The highest BCUT2D eigenvalue weighted by molar-refractivity contribution is 7.79. The standard InChI is InChI=1S/C15H10S/c16-10-12-9-11-5-1-2-6-13(11)15-8-4-3-7-14(12)15/h1-10H. The van der Waals surface area contributed by atoms with Gasteiger partial charge in [0.05, 0.1) is 0 Å². The van der Waals surface area contributed by atoms with Gasteiger partial charge in [0.1, 0.15) is 0 Å². The van der Waals surface area contributed by atoms with Gasteiger partial charge >= 0.3 is 0 Å². The van der Waals surface area contributed by atoms with E-state index in [0.717, 1.165) is 5.56 Å². The molecular weight excluding hydrogens is 212 g/mol. The Morgan fingerprint density at radius 1 is 0.750 bits per heavy atom. The summed E-state index contributed by atoms with van der Waals surface area (Å²) in [5.74, 6) is 0. The van der Waals surface area contributed by atoms with Crippen molar-refractivity contribution in [2.45, 2.75) is 0 Å². The van der Waals surface area contributed by atoms with E-state index < -0.39 is 0 Å². The van der Waals surface area contributed by atoms with Gasteiger partial charge in [-0.05, 0) is 33.2 Å². The van der Waals surface area contributed by atoms with Crippen molar-refractivity contribution in [3.05, 3.63) is 60.2 Å². The van der Waals surface area contributed by atoms with Crippen LogP contribution in [0.4, 0.5) is 0 Å². The van der Waals surface area contributed by atoms with Crippen LogP contribution in [0.5, 0.6) is 0 Å². The molecule has 0 saturated heterocycles. The molecule has 0 N–H and O–H groups in total. The van der Waals surface area contributed by atoms with E-state index >= 15 is 0 Å². The van der Waals surface area contributed by atoms with Gasteiger partial charge in [-0.3, -0.25) is 0 Å². The maximum absolute atomic E-state index is 5.08. The molecule has 0 radical (unpaired) electrons. The highest BCUT2D eigenvalue weighted by Crippen LogP contribution is 2.27. The molecular formula is C15H10S. The molecule has 0 nitrogen and oxygen atoms in total. The summed E-state index contributed by atoms with van der Waals surface area (Å²) < 4.78 is 0. The van der Waals surface area contributed by atoms with Crippen molar-refractivity contribution in [2.75, 3.05) is 0 Å². The first kappa shape index (κ1) is 9.49. The number of fused-ring (bicyclic) bond motifs is 3. The van der Waals surface area contributed by atoms with E-state index in [1.807, 2.05) is 0 Å². The lowest BCUT2D eigenvalue weighted by Crippen LogP contribution is -1.84. The molecule has 3 aromatic rings. The lowest BCUT2D eigenvalue weighted by molar-refractivity contribution is 1.75. The fourth-order valence-corrected chi connectivity index (χ4v) is 2.38. The van der Waals surface area contributed by atoms with Gasteiger partial charge in [0.2, 0.25) is 0 Å². The molecule has 0 fully saturated rings. The average molecular weight is 222 g/mol. The van der Waals surface area contributed by atoms with Gasteiger partial charge in [0.25, 0.3) is 0 Å². The van der Waals surface area contributed by atoms with Crippen LogP contribution in [-0.2, 0) is 0 Å². The van der Waals surface area contributed by atoms with Crippen LogP contribution in [-0.4, -0.2) is 5.37 Å². The molecule has 0 bridgehead atoms. The van der Waals surface area contributed by atoms with Crippen LogP contribution in [0, 0.1) is 0 Å². The van der Waals surface area contributed by atoms with Crippen molar-refractivity contribution in [2.24, 2.45) is 0 Å². The van der Waals surface area contributed by atoms with Gasteiger partial charge < -0.3 is 0 Å². The summed E-state index contributed by atoms with van der Waals surface area (Å²) in [5, 5.41) is 6.80. The van der Waals surface area contributed by atoms with Gasteiger partial charge in [-0.25, -0.2) is 0 Å². The SMILES string of the molecule is S=Cc1cc2ccccc2c2ccccc12. The normalized spacial score (nSPS) is 10.8. The fourth-order valence-electron chi connectivity index (χ4n) is 2.18. The third kappa shape index (κ3) is 1.33. The summed E-state index contributed by atoms with van der Waals surface area (Å²) in [5.41, 5.74) is 1.13. The average Bonchev–Trinajstić information content (AvgIpc) is 2.38. The Morgan fingerprint density at radius 2 is 1.38 bits per heavy atom. The highest BCUT2D eigenvalue weighted by Gasteiger charge is 2.03. The molecule has 0 saturated carbocycles. The molecule has 3 aromatic carbocycles. The van der Waals surface area contributed by atoms with E-state index in [4.69, 9.17) is 12.2 Å². The Kier molecular flexibility index (Phi) is 2.19.